The third-order valence-corrected chi connectivity index (χ3v) is 4.33. The van der Waals surface area contributed by atoms with E-state index in [1.54, 1.807) is 23.7 Å². The second kappa shape index (κ2) is 5.19. The number of thiazole rings is 1. The Balaban J connectivity index is 2.04. The molecule has 0 saturated heterocycles. The van der Waals surface area contributed by atoms with Crippen LogP contribution in [0.3, 0.4) is 0 Å². The van der Waals surface area contributed by atoms with Crippen LogP contribution >= 0.6 is 11.3 Å². The summed E-state index contributed by atoms with van der Waals surface area (Å²) in [6.45, 7) is 4.30. The molecule has 1 aliphatic rings. The predicted molar refractivity (Wildman–Crippen MR) is 68.9 cm³/mol. The van der Waals surface area contributed by atoms with Crippen LogP contribution < -0.4 is 0 Å². The van der Waals surface area contributed by atoms with Crippen molar-refractivity contribution in [1.82, 2.24) is 4.98 Å². The van der Waals surface area contributed by atoms with Gasteiger partial charge in [-0.25, -0.2) is 0 Å². The molecule has 1 N–H and O–H groups in total. The van der Waals surface area contributed by atoms with E-state index in [1.165, 1.54) is 4.88 Å². The van der Waals surface area contributed by atoms with E-state index >= 15 is 0 Å². The third-order valence-electron chi connectivity index (χ3n) is 3.49. The Labute approximate surface area is 106 Å². The van der Waals surface area contributed by atoms with Crippen LogP contribution in [-0.2, 0) is 11.2 Å². The number of aliphatic hydroxyl groups is 1. The first-order valence-electron chi connectivity index (χ1n) is 6.02. The monoisotopic (exact) mass is 253 g/mol. The smallest absolute Gasteiger partial charge is 0.114 e. The average molecular weight is 253 g/mol. The van der Waals surface area contributed by atoms with Crippen LogP contribution in [0.25, 0.3) is 0 Å². The molecule has 0 amide bonds. The van der Waals surface area contributed by atoms with E-state index in [9.17, 15) is 5.11 Å². The highest BCUT2D eigenvalue weighted by Gasteiger charge is 2.38. The molecule has 0 saturated carbocycles. The van der Waals surface area contributed by atoms with Crippen LogP contribution in [0.15, 0.2) is 24.0 Å². The summed E-state index contributed by atoms with van der Waals surface area (Å²) in [5.74, 6) is 0.384. The van der Waals surface area contributed by atoms with Crippen molar-refractivity contribution in [2.75, 3.05) is 0 Å². The molecular weight excluding hydrogens is 234 g/mol. The van der Waals surface area contributed by atoms with Gasteiger partial charge in [0.25, 0.3) is 0 Å². The maximum Gasteiger partial charge on any atom is 0.114 e. The summed E-state index contributed by atoms with van der Waals surface area (Å²) < 4.78 is 5.84. The summed E-state index contributed by atoms with van der Waals surface area (Å²) in [6, 6.07) is 0. The summed E-state index contributed by atoms with van der Waals surface area (Å²) in [4.78, 5) is 5.36. The number of hydrogen-bond acceptors (Lipinski definition) is 4. The van der Waals surface area contributed by atoms with Gasteiger partial charge in [-0.15, -0.1) is 11.3 Å². The Morgan fingerprint density at radius 2 is 2.47 bits per heavy atom. The molecular formula is C13H19NO2S. The number of aliphatic hydroxyl groups excluding tert-OH is 1. The third kappa shape index (κ3) is 2.87. The second-order valence-corrected chi connectivity index (χ2v) is 5.88. The molecule has 0 spiro atoms. The Kier molecular flexibility index (Phi) is 3.84. The van der Waals surface area contributed by atoms with Gasteiger partial charge in [-0.1, -0.05) is 13.8 Å². The van der Waals surface area contributed by atoms with Crippen molar-refractivity contribution in [1.29, 1.82) is 0 Å². The largest absolute Gasteiger partial charge is 0.495 e. The van der Waals surface area contributed by atoms with Gasteiger partial charge in [0.15, 0.2) is 0 Å². The van der Waals surface area contributed by atoms with Gasteiger partial charge in [0.05, 0.1) is 17.9 Å². The van der Waals surface area contributed by atoms with E-state index in [4.69, 9.17) is 4.74 Å². The molecule has 0 aliphatic carbocycles. The fraction of sp³-hybridized carbons (Fsp3) is 0.615. The molecule has 1 aromatic heterocycles. The first-order valence-corrected chi connectivity index (χ1v) is 6.90. The normalized spacial score (nSPS) is 28.4. The molecule has 2 atom stereocenters. The Morgan fingerprint density at radius 1 is 1.65 bits per heavy atom. The van der Waals surface area contributed by atoms with Crippen molar-refractivity contribution in [2.24, 2.45) is 5.92 Å². The zero-order valence-corrected chi connectivity index (χ0v) is 11.1. The number of hydrogen-bond donors (Lipinski definition) is 1. The van der Waals surface area contributed by atoms with Gasteiger partial charge in [-0.05, 0) is 24.8 Å². The van der Waals surface area contributed by atoms with Crippen LogP contribution in [0.2, 0.25) is 0 Å². The van der Waals surface area contributed by atoms with E-state index in [1.807, 2.05) is 11.7 Å². The number of nitrogens with zero attached hydrogens (tertiary/aromatic N) is 1. The molecule has 0 aromatic carbocycles. The fourth-order valence-corrected chi connectivity index (χ4v) is 2.86. The summed E-state index contributed by atoms with van der Waals surface area (Å²) in [5, 5.41) is 9.77. The Morgan fingerprint density at radius 3 is 3.06 bits per heavy atom. The van der Waals surface area contributed by atoms with E-state index in [0.717, 1.165) is 12.8 Å². The van der Waals surface area contributed by atoms with Crippen molar-refractivity contribution >= 4 is 11.3 Å². The van der Waals surface area contributed by atoms with Gasteiger partial charge >= 0.3 is 0 Å². The van der Waals surface area contributed by atoms with Crippen LogP contribution in [0.1, 0.15) is 31.6 Å². The zero-order valence-electron chi connectivity index (χ0n) is 10.3. The molecule has 2 rings (SSSR count). The summed E-state index contributed by atoms with van der Waals surface area (Å²) in [7, 11) is 0. The number of ether oxygens (including phenoxy) is 1. The number of aromatic nitrogens is 1. The van der Waals surface area contributed by atoms with Gasteiger partial charge in [-0.2, -0.15) is 0 Å². The van der Waals surface area contributed by atoms with Crippen molar-refractivity contribution in [3.8, 4) is 0 Å². The highest BCUT2D eigenvalue weighted by molar-refractivity contribution is 7.09. The lowest BCUT2D eigenvalue weighted by atomic mass is 9.80. The molecule has 0 fully saturated rings. The summed E-state index contributed by atoms with van der Waals surface area (Å²) >= 11 is 1.68. The van der Waals surface area contributed by atoms with Gasteiger partial charge in [0.2, 0.25) is 0 Å². The average Bonchev–Trinajstić information content (AvgIpc) is 2.79. The minimum Gasteiger partial charge on any atom is -0.495 e. The predicted octanol–water partition coefficient (Wildman–Crippen LogP) is 2.77. The molecule has 17 heavy (non-hydrogen) atoms. The lowest BCUT2D eigenvalue weighted by Crippen LogP contribution is -2.42. The van der Waals surface area contributed by atoms with Crippen LogP contribution in [0.5, 0.6) is 0 Å². The highest BCUT2D eigenvalue weighted by atomic mass is 32.1. The summed E-state index contributed by atoms with van der Waals surface area (Å²) in [5.41, 5.74) is 1.62. The maximum absolute atomic E-state index is 9.77. The Bertz CT molecular complexity index is 375. The highest BCUT2D eigenvalue weighted by Crippen LogP contribution is 2.35. The van der Waals surface area contributed by atoms with Crippen molar-refractivity contribution < 1.29 is 9.84 Å². The standard InChI is InChI=1S/C13H19NO2S/c1-10(2)13(7-11(15)4-6-16-13)5-3-12-8-14-9-17-12/h4,6,8-11,15H,3,5,7H2,1-2H3. The molecule has 94 valence electrons. The first-order chi connectivity index (χ1) is 8.12. The van der Waals surface area contributed by atoms with Gasteiger partial charge < -0.3 is 9.84 Å². The number of rotatable bonds is 4. The van der Waals surface area contributed by atoms with Gasteiger partial charge in [0, 0.05) is 17.5 Å². The number of aryl methyl sites for hydroxylation is 1. The molecule has 0 bridgehead atoms. The van der Waals surface area contributed by atoms with E-state index < -0.39 is 0 Å². The molecule has 1 aromatic rings. The van der Waals surface area contributed by atoms with Gasteiger partial charge in [0.1, 0.15) is 5.60 Å². The van der Waals surface area contributed by atoms with Crippen molar-refractivity contribution in [2.45, 2.75) is 44.8 Å². The minimum atomic E-state index is -0.382. The lowest BCUT2D eigenvalue weighted by molar-refractivity contribution is -0.0688. The lowest BCUT2D eigenvalue weighted by Gasteiger charge is -2.40. The van der Waals surface area contributed by atoms with Crippen LogP contribution in [-0.4, -0.2) is 21.8 Å². The maximum atomic E-state index is 9.77. The molecule has 4 heteroatoms. The molecule has 3 nitrogen and oxygen atoms in total. The first kappa shape index (κ1) is 12.6. The van der Waals surface area contributed by atoms with Crippen molar-refractivity contribution in [3.05, 3.63) is 28.9 Å². The second-order valence-electron chi connectivity index (χ2n) is 4.91. The van der Waals surface area contributed by atoms with Gasteiger partial charge in [-0.3, -0.25) is 4.98 Å². The van der Waals surface area contributed by atoms with E-state index in [0.29, 0.717) is 12.3 Å². The Hall–Kier alpha value is -0.870. The summed E-state index contributed by atoms with van der Waals surface area (Å²) in [6.07, 6.45) is 7.46. The fourth-order valence-electron chi connectivity index (χ4n) is 2.26. The van der Waals surface area contributed by atoms with Crippen LogP contribution in [0, 0.1) is 5.92 Å². The van der Waals surface area contributed by atoms with Crippen LogP contribution in [0.4, 0.5) is 0 Å². The SMILES string of the molecule is CC(C)C1(CCc2cncs2)CC(O)C=CO1. The molecule has 2 heterocycles. The van der Waals surface area contributed by atoms with Crippen molar-refractivity contribution in [3.63, 3.8) is 0 Å². The molecule has 1 aliphatic heterocycles. The molecule has 2 unspecified atom stereocenters. The van der Waals surface area contributed by atoms with E-state index in [-0.39, 0.29) is 11.7 Å². The quantitative estimate of drug-likeness (QED) is 0.897. The molecule has 0 radical (unpaired) electrons. The minimum absolute atomic E-state index is 0.238. The topological polar surface area (TPSA) is 42.4 Å². The van der Waals surface area contributed by atoms with E-state index in [2.05, 4.69) is 18.8 Å². The zero-order chi connectivity index (χ0) is 12.3.